The maximum Gasteiger partial charge on any atom is 0.213 e. The zero-order valence-corrected chi connectivity index (χ0v) is 19.6. The Kier molecular flexibility index (Phi) is 6.42. The second-order valence-electron chi connectivity index (χ2n) is 7.73. The summed E-state index contributed by atoms with van der Waals surface area (Å²) in [6.07, 6.45) is 3.31. The van der Waals surface area contributed by atoms with E-state index in [1.165, 1.54) is 18.3 Å². The third kappa shape index (κ3) is 4.60. The van der Waals surface area contributed by atoms with Gasteiger partial charge in [-0.1, -0.05) is 54.7 Å². The van der Waals surface area contributed by atoms with Crippen LogP contribution in [0.25, 0.3) is 5.69 Å². The molecule has 4 aromatic rings. The van der Waals surface area contributed by atoms with Gasteiger partial charge in [-0.05, 0) is 48.0 Å². The van der Waals surface area contributed by atoms with Gasteiger partial charge in [0.15, 0.2) is 5.82 Å². The lowest BCUT2D eigenvalue weighted by Gasteiger charge is -2.28. The van der Waals surface area contributed by atoms with Gasteiger partial charge in [0, 0.05) is 29.6 Å². The average molecular weight is 491 g/mol. The minimum Gasteiger partial charge on any atom is -0.469 e. The SMILES string of the molecule is CC(C)(c1ccc(Cl)c(Cl)c1)c1cnc(COc2ccc(Cl)cn2)n1-c1ccc(F)cc1. The predicted molar refractivity (Wildman–Crippen MR) is 126 cm³/mol. The molecule has 0 saturated heterocycles. The van der Waals surface area contributed by atoms with Gasteiger partial charge in [0.2, 0.25) is 5.88 Å². The molecule has 8 heteroatoms. The van der Waals surface area contributed by atoms with Crippen LogP contribution in [0.15, 0.2) is 67.0 Å². The lowest BCUT2D eigenvalue weighted by atomic mass is 9.81. The Morgan fingerprint density at radius 3 is 2.31 bits per heavy atom. The van der Waals surface area contributed by atoms with Gasteiger partial charge in [0.25, 0.3) is 0 Å². The van der Waals surface area contributed by atoms with Crippen molar-refractivity contribution in [1.82, 2.24) is 14.5 Å². The summed E-state index contributed by atoms with van der Waals surface area (Å²) in [5.74, 6) is 0.743. The Balaban J connectivity index is 1.77. The molecule has 0 radical (unpaired) electrons. The fourth-order valence-corrected chi connectivity index (χ4v) is 3.84. The van der Waals surface area contributed by atoms with E-state index < -0.39 is 5.41 Å². The number of hydrogen-bond donors (Lipinski definition) is 0. The molecule has 0 atom stereocenters. The summed E-state index contributed by atoms with van der Waals surface area (Å²) < 4.78 is 21.4. The van der Waals surface area contributed by atoms with Crippen molar-refractivity contribution in [3.05, 3.63) is 105 Å². The van der Waals surface area contributed by atoms with Gasteiger partial charge < -0.3 is 4.74 Å². The summed E-state index contributed by atoms with van der Waals surface area (Å²) in [6.45, 7) is 4.29. The number of halogens is 4. The Hall–Kier alpha value is -2.60. The van der Waals surface area contributed by atoms with Crippen LogP contribution < -0.4 is 4.74 Å². The molecule has 0 aliphatic carbocycles. The number of aromatic nitrogens is 3. The zero-order valence-electron chi connectivity index (χ0n) is 17.3. The van der Waals surface area contributed by atoms with Crippen molar-refractivity contribution in [2.75, 3.05) is 0 Å². The van der Waals surface area contributed by atoms with Gasteiger partial charge in [-0.25, -0.2) is 14.4 Å². The highest BCUT2D eigenvalue weighted by molar-refractivity contribution is 6.42. The molecule has 0 spiro atoms. The van der Waals surface area contributed by atoms with E-state index in [0.717, 1.165) is 16.9 Å². The monoisotopic (exact) mass is 489 g/mol. The minimum absolute atomic E-state index is 0.156. The molecule has 4 rings (SSSR count). The van der Waals surface area contributed by atoms with Crippen LogP contribution in [-0.4, -0.2) is 14.5 Å². The highest BCUT2D eigenvalue weighted by Crippen LogP contribution is 2.36. The molecule has 0 bridgehead atoms. The van der Waals surface area contributed by atoms with Crippen molar-refractivity contribution in [1.29, 1.82) is 0 Å². The summed E-state index contributed by atoms with van der Waals surface area (Å²) in [4.78, 5) is 8.77. The van der Waals surface area contributed by atoms with E-state index in [4.69, 9.17) is 39.5 Å². The molecule has 4 nitrogen and oxygen atoms in total. The molecule has 0 N–H and O–H groups in total. The average Bonchev–Trinajstić information content (AvgIpc) is 3.20. The van der Waals surface area contributed by atoms with Crippen molar-refractivity contribution in [2.24, 2.45) is 0 Å². The summed E-state index contributed by atoms with van der Waals surface area (Å²) in [7, 11) is 0. The van der Waals surface area contributed by atoms with E-state index in [2.05, 4.69) is 23.8 Å². The van der Waals surface area contributed by atoms with Crippen molar-refractivity contribution in [3.63, 3.8) is 0 Å². The highest BCUT2D eigenvalue weighted by Gasteiger charge is 2.30. The third-order valence-electron chi connectivity index (χ3n) is 5.25. The highest BCUT2D eigenvalue weighted by atomic mass is 35.5. The van der Waals surface area contributed by atoms with Crippen LogP contribution in [-0.2, 0) is 12.0 Å². The molecule has 2 aromatic heterocycles. The first-order valence-corrected chi connectivity index (χ1v) is 10.9. The molecule has 164 valence electrons. The van der Waals surface area contributed by atoms with Crippen molar-refractivity contribution >= 4 is 34.8 Å². The number of pyridine rings is 1. The molecule has 32 heavy (non-hydrogen) atoms. The van der Waals surface area contributed by atoms with Crippen LogP contribution in [0, 0.1) is 5.82 Å². The molecule has 2 aromatic carbocycles. The van der Waals surface area contributed by atoms with Gasteiger partial charge in [-0.2, -0.15) is 0 Å². The van der Waals surface area contributed by atoms with Gasteiger partial charge in [-0.15, -0.1) is 0 Å². The van der Waals surface area contributed by atoms with Crippen molar-refractivity contribution in [2.45, 2.75) is 25.9 Å². The summed E-state index contributed by atoms with van der Waals surface area (Å²) in [6, 6.07) is 15.2. The Bertz CT molecular complexity index is 1240. The smallest absolute Gasteiger partial charge is 0.213 e. The number of ether oxygens (including phenoxy) is 1. The van der Waals surface area contributed by atoms with Crippen LogP contribution in [0.5, 0.6) is 5.88 Å². The van der Waals surface area contributed by atoms with E-state index >= 15 is 0 Å². The van der Waals surface area contributed by atoms with Crippen LogP contribution >= 0.6 is 34.8 Å². The maximum absolute atomic E-state index is 13.6. The fourth-order valence-electron chi connectivity index (χ4n) is 3.43. The van der Waals surface area contributed by atoms with E-state index in [0.29, 0.717) is 26.8 Å². The minimum atomic E-state index is -0.494. The zero-order chi connectivity index (χ0) is 22.9. The fraction of sp³-hybridized carbons (Fsp3) is 0.167. The van der Waals surface area contributed by atoms with Gasteiger partial charge in [0.1, 0.15) is 12.4 Å². The molecule has 0 aliphatic rings. The van der Waals surface area contributed by atoms with Crippen LogP contribution in [0.3, 0.4) is 0 Å². The normalized spacial score (nSPS) is 11.6. The van der Waals surface area contributed by atoms with Gasteiger partial charge in [0.05, 0.1) is 20.8 Å². The molecule has 0 unspecified atom stereocenters. The Morgan fingerprint density at radius 1 is 0.906 bits per heavy atom. The number of imidazole rings is 1. The van der Waals surface area contributed by atoms with E-state index in [-0.39, 0.29) is 12.4 Å². The summed E-state index contributed by atoms with van der Waals surface area (Å²) in [5.41, 5.74) is 2.11. The molecular formula is C24H19Cl3FN3O. The van der Waals surface area contributed by atoms with Gasteiger partial charge in [-0.3, -0.25) is 4.57 Å². The molecular weight excluding hydrogens is 472 g/mol. The molecule has 0 saturated carbocycles. The first kappa shape index (κ1) is 22.6. The van der Waals surface area contributed by atoms with Crippen LogP contribution in [0.4, 0.5) is 4.39 Å². The standard InChI is InChI=1S/C24H19Cl3FN3O/c1-24(2,15-3-9-19(26)20(27)11-15)21-13-29-22(14-32-23-10-4-16(25)12-30-23)31(21)18-7-5-17(28)6-8-18/h3-13H,14H2,1-2H3. The molecule has 0 aliphatic heterocycles. The third-order valence-corrected chi connectivity index (χ3v) is 6.21. The second kappa shape index (κ2) is 9.10. The topological polar surface area (TPSA) is 39.9 Å². The van der Waals surface area contributed by atoms with E-state index in [1.54, 1.807) is 36.5 Å². The summed E-state index contributed by atoms with van der Waals surface area (Å²) in [5, 5.41) is 1.49. The Labute approximate surface area is 200 Å². The Morgan fingerprint density at radius 2 is 1.66 bits per heavy atom. The summed E-state index contributed by atoms with van der Waals surface area (Å²) >= 11 is 18.3. The molecule has 2 heterocycles. The lowest BCUT2D eigenvalue weighted by molar-refractivity contribution is 0.281. The maximum atomic E-state index is 13.6. The van der Waals surface area contributed by atoms with E-state index in [9.17, 15) is 4.39 Å². The van der Waals surface area contributed by atoms with Crippen molar-refractivity contribution in [3.8, 4) is 11.6 Å². The number of benzene rings is 2. The van der Waals surface area contributed by atoms with Gasteiger partial charge >= 0.3 is 0 Å². The van der Waals surface area contributed by atoms with Crippen LogP contribution in [0.1, 0.15) is 30.9 Å². The second-order valence-corrected chi connectivity index (χ2v) is 8.98. The quantitative estimate of drug-likeness (QED) is 0.285. The lowest BCUT2D eigenvalue weighted by Crippen LogP contribution is -2.24. The largest absolute Gasteiger partial charge is 0.469 e. The number of nitrogens with zero attached hydrogens (tertiary/aromatic N) is 3. The van der Waals surface area contributed by atoms with Crippen LogP contribution in [0.2, 0.25) is 15.1 Å². The molecule has 0 fully saturated rings. The van der Waals surface area contributed by atoms with E-state index in [1.807, 2.05) is 16.7 Å². The molecule has 0 amide bonds. The number of rotatable bonds is 6. The van der Waals surface area contributed by atoms with Crippen molar-refractivity contribution < 1.29 is 9.13 Å². The first-order valence-electron chi connectivity index (χ1n) is 9.78. The predicted octanol–water partition coefficient (Wildman–Crippen LogP) is 7.27. The number of hydrogen-bond acceptors (Lipinski definition) is 3. The first-order chi connectivity index (χ1) is 15.3.